The summed E-state index contributed by atoms with van der Waals surface area (Å²) in [5.74, 6) is -4.56. The third-order valence-electron chi connectivity index (χ3n) is 3.56. The largest absolute Gasteiger partial charge is 0.490 e. The average molecular weight is 508 g/mol. The van der Waals surface area contributed by atoms with Crippen LogP contribution in [-0.2, 0) is 9.59 Å². The number of halogens is 7. The van der Waals surface area contributed by atoms with Crippen molar-refractivity contribution in [2.24, 2.45) is 5.73 Å². The lowest BCUT2D eigenvalue weighted by molar-refractivity contribution is -0.193. The minimum absolute atomic E-state index is 0.191. The summed E-state index contributed by atoms with van der Waals surface area (Å²) in [7, 11) is 0. The highest BCUT2D eigenvalue weighted by molar-refractivity contribution is 6.33. The Bertz CT molecular complexity index is 968. The highest BCUT2D eigenvalue weighted by Gasteiger charge is 2.38. The van der Waals surface area contributed by atoms with E-state index >= 15 is 0 Å². The Morgan fingerprint density at radius 3 is 1.91 bits per heavy atom. The van der Waals surface area contributed by atoms with Crippen LogP contribution in [0, 0.1) is 6.92 Å². The first kappa shape index (κ1) is 27.7. The van der Waals surface area contributed by atoms with Crippen molar-refractivity contribution in [2.75, 3.05) is 23.7 Å². The summed E-state index contributed by atoms with van der Waals surface area (Å²) in [5, 5.41) is 21.8. The number of hydrogen-bond acceptors (Lipinski definition) is 8. The van der Waals surface area contributed by atoms with E-state index in [1.54, 1.807) is 0 Å². The number of carbonyl (C=O) groups is 2. The second-order valence-electron chi connectivity index (χ2n) is 6.25. The summed E-state index contributed by atoms with van der Waals surface area (Å²) >= 11 is 6.17. The molecule has 3 rings (SSSR count). The Kier molecular flexibility index (Phi) is 8.83. The first-order valence-electron chi connectivity index (χ1n) is 8.39. The molecule has 1 saturated heterocycles. The third kappa shape index (κ3) is 8.26. The summed E-state index contributed by atoms with van der Waals surface area (Å²) in [6.07, 6.45) is -10.2. The van der Waals surface area contributed by atoms with E-state index in [1.807, 2.05) is 17.9 Å². The quantitative estimate of drug-likeness (QED) is 0.375. The summed E-state index contributed by atoms with van der Waals surface area (Å²) in [4.78, 5) is 28.2. The standard InChI is InChI=1S/C11H14ClN7.2C2HF3O2/c1-5-9(12)10(18-17-5)7-2-8(16-11(14)15-7)19-3-6(13)4-19;2*3-2(4,5)1(6)7/h2,6H,3-4,13H2,1H3,(H,17,18)(H2,14,15,16);2*(H,6,7). The number of aliphatic carboxylic acids is 2. The SMILES string of the molecule is Cc1[nH]nc(-c2cc(N3CC(N)C3)nc(N)n2)c1Cl.O=C(O)C(F)(F)F.O=C(O)C(F)(F)F. The first-order chi connectivity index (χ1) is 14.9. The van der Waals surface area contributed by atoms with Crippen molar-refractivity contribution in [2.45, 2.75) is 25.3 Å². The molecule has 18 heteroatoms. The molecule has 0 amide bonds. The monoisotopic (exact) mass is 507 g/mol. The van der Waals surface area contributed by atoms with Crippen molar-refractivity contribution in [1.82, 2.24) is 20.2 Å². The maximum absolute atomic E-state index is 10.6. The molecule has 0 saturated carbocycles. The highest BCUT2D eigenvalue weighted by Crippen LogP contribution is 2.30. The number of aryl methyl sites for hydroxylation is 1. The number of rotatable bonds is 2. The van der Waals surface area contributed by atoms with Crippen LogP contribution in [0.1, 0.15) is 5.69 Å². The van der Waals surface area contributed by atoms with Crippen LogP contribution in [0.25, 0.3) is 11.4 Å². The van der Waals surface area contributed by atoms with E-state index in [0.717, 1.165) is 24.6 Å². The molecule has 1 aliphatic rings. The summed E-state index contributed by atoms with van der Waals surface area (Å²) in [6, 6.07) is 2.01. The van der Waals surface area contributed by atoms with Crippen molar-refractivity contribution < 1.29 is 46.1 Å². The van der Waals surface area contributed by atoms with Crippen LogP contribution in [-0.4, -0.2) is 73.8 Å². The van der Waals surface area contributed by atoms with Gasteiger partial charge in [0.1, 0.15) is 11.5 Å². The Morgan fingerprint density at radius 2 is 1.58 bits per heavy atom. The molecular formula is C15H16ClF6N7O4. The molecule has 2 aromatic heterocycles. The van der Waals surface area contributed by atoms with Gasteiger partial charge in [0.25, 0.3) is 0 Å². The van der Waals surface area contributed by atoms with Gasteiger partial charge in [0, 0.05) is 25.2 Å². The molecule has 0 atom stereocenters. The number of nitrogens with two attached hydrogens (primary N) is 2. The number of nitrogens with zero attached hydrogens (tertiary/aromatic N) is 4. The molecule has 0 aromatic carbocycles. The number of alkyl halides is 6. The molecule has 0 spiro atoms. The highest BCUT2D eigenvalue weighted by atomic mass is 35.5. The van der Waals surface area contributed by atoms with Crippen molar-refractivity contribution in [1.29, 1.82) is 0 Å². The van der Waals surface area contributed by atoms with Gasteiger partial charge in [0.15, 0.2) is 0 Å². The zero-order chi connectivity index (χ0) is 25.7. The van der Waals surface area contributed by atoms with E-state index in [0.29, 0.717) is 16.4 Å². The molecule has 0 bridgehead atoms. The van der Waals surface area contributed by atoms with Gasteiger partial charge in [-0.2, -0.15) is 36.4 Å². The Morgan fingerprint density at radius 1 is 1.12 bits per heavy atom. The Labute approximate surface area is 185 Å². The smallest absolute Gasteiger partial charge is 0.475 e. The molecule has 1 fully saturated rings. The van der Waals surface area contributed by atoms with Crippen LogP contribution >= 0.6 is 11.6 Å². The topological polar surface area (TPSA) is 184 Å². The van der Waals surface area contributed by atoms with E-state index in [1.165, 1.54) is 0 Å². The second-order valence-corrected chi connectivity index (χ2v) is 6.63. The number of anilines is 2. The van der Waals surface area contributed by atoms with Crippen molar-refractivity contribution in [3.05, 3.63) is 16.8 Å². The van der Waals surface area contributed by atoms with E-state index < -0.39 is 24.3 Å². The zero-order valence-corrected chi connectivity index (χ0v) is 17.1. The number of aromatic amines is 1. The molecular weight excluding hydrogens is 492 g/mol. The van der Waals surface area contributed by atoms with Crippen LogP contribution in [0.5, 0.6) is 0 Å². The van der Waals surface area contributed by atoms with Gasteiger partial charge in [-0.1, -0.05) is 11.6 Å². The summed E-state index contributed by atoms with van der Waals surface area (Å²) in [5.41, 5.74) is 13.5. The fourth-order valence-corrected chi connectivity index (χ4v) is 2.20. The fourth-order valence-electron chi connectivity index (χ4n) is 2.02. The lowest BCUT2D eigenvalue weighted by atomic mass is 10.1. The molecule has 184 valence electrons. The van der Waals surface area contributed by atoms with Crippen molar-refractivity contribution in [3.8, 4) is 11.4 Å². The second kappa shape index (κ2) is 10.5. The molecule has 33 heavy (non-hydrogen) atoms. The van der Waals surface area contributed by atoms with E-state index in [-0.39, 0.29) is 12.0 Å². The number of nitrogen functional groups attached to an aromatic ring is 1. The lowest BCUT2D eigenvalue weighted by Crippen LogP contribution is -2.56. The first-order valence-corrected chi connectivity index (χ1v) is 8.77. The van der Waals surface area contributed by atoms with Crippen LogP contribution < -0.4 is 16.4 Å². The number of H-pyrrole nitrogens is 1. The molecule has 11 nitrogen and oxygen atoms in total. The Balaban J connectivity index is 0.000000324. The molecule has 1 aliphatic heterocycles. The van der Waals surface area contributed by atoms with Gasteiger partial charge < -0.3 is 26.6 Å². The lowest BCUT2D eigenvalue weighted by Gasteiger charge is -2.37. The van der Waals surface area contributed by atoms with Crippen LogP contribution in [0.15, 0.2) is 6.07 Å². The maximum atomic E-state index is 10.6. The van der Waals surface area contributed by atoms with Gasteiger partial charge in [0.05, 0.1) is 16.4 Å². The van der Waals surface area contributed by atoms with E-state index in [9.17, 15) is 26.3 Å². The van der Waals surface area contributed by atoms with Crippen molar-refractivity contribution >= 4 is 35.3 Å². The molecule has 0 unspecified atom stereocenters. The molecule has 0 aliphatic carbocycles. The molecule has 7 N–H and O–H groups in total. The van der Waals surface area contributed by atoms with Crippen LogP contribution in [0.2, 0.25) is 5.02 Å². The van der Waals surface area contributed by atoms with E-state index in [2.05, 4.69) is 20.2 Å². The number of nitrogens with one attached hydrogen (secondary N) is 1. The number of hydrogen-bond donors (Lipinski definition) is 5. The molecule has 0 radical (unpaired) electrons. The van der Waals surface area contributed by atoms with Gasteiger partial charge >= 0.3 is 24.3 Å². The predicted molar refractivity (Wildman–Crippen MR) is 101 cm³/mol. The van der Waals surface area contributed by atoms with Crippen LogP contribution in [0.3, 0.4) is 0 Å². The van der Waals surface area contributed by atoms with Gasteiger partial charge in [-0.25, -0.2) is 14.6 Å². The third-order valence-corrected chi connectivity index (χ3v) is 4.03. The van der Waals surface area contributed by atoms with Crippen molar-refractivity contribution in [3.63, 3.8) is 0 Å². The zero-order valence-electron chi connectivity index (χ0n) is 16.4. The van der Waals surface area contributed by atoms with E-state index in [4.69, 9.17) is 42.9 Å². The van der Waals surface area contributed by atoms with Gasteiger partial charge in [-0.05, 0) is 6.92 Å². The summed E-state index contributed by atoms with van der Waals surface area (Å²) < 4.78 is 63.5. The predicted octanol–water partition coefficient (Wildman–Crippen LogP) is 1.82. The molecule has 3 heterocycles. The van der Waals surface area contributed by atoms with Gasteiger partial charge in [-0.3, -0.25) is 5.10 Å². The number of carboxylic acid groups (broad SMARTS) is 2. The Hall–Kier alpha value is -3.34. The van der Waals surface area contributed by atoms with Crippen LogP contribution in [0.4, 0.5) is 38.1 Å². The minimum Gasteiger partial charge on any atom is -0.475 e. The molecule has 2 aromatic rings. The summed E-state index contributed by atoms with van der Waals surface area (Å²) in [6.45, 7) is 3.38. The number of carboxylic acids is 2. The van der Waals surface area contributed by atoms with Gasteiger partial charge in [-0.15, -0.1) is 0 Å². The van der Waals surface area contributed by atoms with Gasteiger partial charge in [0.2, 0.25) is 5.95 Å². The maximum Gasteiger partial charge on any atom is 0.490 e. The average Bonchev–Trinajstić information content (AvgIpc) is 2.97. The number of aromatic nitrogens is 4. The minimum atomic E-state index is -5.08. The normalized spacial score (nSPS) is 13.8. The fraction of sp³-hybridized carbons (Fsp3) is 0.400.